The number of primary amides is 1. The molecule has 0 atom stereocenters. The highest BCUT2D eigenvalue weighted by Crippen LogP contribution is 2.17. The largest absolute Gasteiger partial charge is 0.398 e. The van der Waals surface area contributed by atoms with Gasteiger partial charge in [0.1, 0.15) is 0 Å². The molecule has 19 heavy (non-hydrogen) atoms. The number of hydrogen-bond acceptors (Lipinski definition) is 4. The summed E-state index contributed by atoms with van der Waals surface area (Å²) in [5.74, 6) is -0.599. The molecule has 0 aliphatic heterocycles. The van der Waals surface area contributed by atoms with E-state index in [-0.39, 0.29) is 25.3 Å². The fraction of sp³-hybridized carbons (Fsp3) is 0.417. The molecule has 1 aromatic rings. The molecular weight excluding hydrogens is 256 g/mol. The van der Waals surface area contributed by atoms with Crippen molar-refractivity contribution >= 4 is 11.6 Å². The van der Waals surface area contributed by atoms with Gasteiger partial charge in [-0.1, -0.05) is 6.07 Å². The smallest absolute Gasteiger partial charge is 0.251 e. The van der Waals surface area contributed by atoms with Crippen molar-refractivity contribution in [1.29, 1.82) is 0 Å². The Morgan fingerprint density at radius 1 is 1.42 bits per heavy atom. The van der Waals surface area contributed by atoms with E-state index in [0.29, 0.717) is 11.3 Å². The molecule has 106 valence electrons. The second kappa shape index (κ2) is 7.01. The summed E-state index contributed by atoms with van der Waals surface area (Å²) in [4.78, 5) is 12.3. The van der Waals surface area contributed by atoms with Crippen LogP contribution in [0.5, 0.6) is 0 Å². The van der Waals surface area contributed by atoms with Crippen molar-refractivity contribution in [1.82, 2.24) is 4.90 Å². The molecule has 0 bridgehead atoms. The Morgan fingerprint density at radius 3 is 2.58 bits per heavy atom. The molecule has 1 rings (SSSR count). The second-order valence-corrected chi connectivity index (χ2v) is 4.13. The van der Waals surface area contributed by atoms with Crippen LogP contribution in [0.25, 0.3) is 0 Å². The third-order valence-electron chi connectivity index (χ3n) is 2.64. The van der Waals surface area contributed by atoms with Gasteiger partial charge in [-0.2, -0.15) is 0 Å². The van der Waals surface area contributed by atoms with Crippen LogP contribution >= 0.6 is 0 Å². The first-order valence-corrected chi connectivity index (χ1v) is 5.73. The lowest BCUT2D eigenvalue weighted by Crippen LogP contribution is -2.31. The summed E-state index contributed by atoms with van der Waals surface area (Å²) in [6, 6.07) is 4.48. The number of hydrogen-bond donors (Lipinski definition) is 3. The van der Waals surface area contributed by atoms with Crippen LogP contribution < -0.4 is 11.5 Å². The summed E-state index contributed by atoms with van der Waals surface area (Å²) in [5, 5.41) is 8.83. The maximum Gasteiger partial charge on any atom is 0.251 e. The molecule has 5 nitrogen and oxygen atoms in total. The molecule has 5 N–H and O–H groups in total. The van der Waals surface area contributed by atoms with Crippen molar-refractivity contribution in [2.75, 3.05) is 25.4 Å². The van der Waals surface area contributed by atoms with Crippen molar-refractivity contribution in [3.05, 3.63) is 29.3 Å². The van der Waals surface area contributed by atoms with E-state index in [0.717, 1.165) is 0 Å². The van der Waals surface area contributed by atoms with Crippen molar-refractivity contribution in [3.63, 3.8) is 0 Å². The quantitative estimate of drug-likeness (QED) is 0.628. The standard InChI is InChI=1S/C12H17F2N3O2/c13-11(14)7-17(3-4-18)6-9-2-1-8(12(16)19)5-10(9)15/h1-2,5,11,18H,3-4,6-7,15H2,(H2,16,19). The number of aliphatic hydroxyl groups is 1. The molecular formula is C12H17F2N3O2. The van der Waals surface area contributed by atoms with Gasteiger partial charge in [-0.15, -0.1) is 0 Å². The minimum absolute atomic E-state index is 0.126. The predicted molar refractivity (Wildman–Crippen MR) is 67.7 cm³/mol. The lowest BCUT2D eigenvalue weighted by Gasteiger charge is -2.21. The minimum atomic E-state index is -2.49. The zero-order valence-corrected chi connectivity index (χ0v) is 10.4. The summed E-state index contributed by atoms with van der Waals surface area (Å²) in [7, 11) is 0. The Bertz CT molecular complexity index is 441. The molecule has 0 aromatic heterocycles. The van der Waals surface area contributed by atoms with Gasteiger partial charge < -0.3 is 16.6 Å². The number of nitrogens with two attached hydrogens (primary N) is 2. The third-order valence-corrected chi connectivity index (χ3v) is 2.64. The average Bonchev–Trinajstić information content (AvgIpc) is 2.31. The van der Waals surface area contributed by atoms with E-state index in [4.69, 9.17) is 16.6 Å². The predicted octanol–water partition coefficient (Wildman–Crippen LogP) is 0.427. The highest BCUT2D eigenvalue weighted by molar-refractivity contribution is 5.93. The number of carbonyl (C=O) groups is 1. The summed E-state index contributed by atoms with van der Waals surface area (Å²) in [6.07, 6.45) is -2.49. The van der Waals surface area contributed by atoms with Gasteiger partial charge in [0.15, 0.2) is 0 Å². The zero-order chi connectivity index (χ0) is 14.4. The van der Waals surface area contributed by atoms with Crippen LogP contribution in [-0.4, -0.2) is 42.0 Å². The highest BCUT2D eigenvalue weighted by Gasteiger charge is 2.14. The lowest BCUT2D eigenvalue weighted by atomic mass is 10.1. The third kappa shape index (κ3) is 4.80. The molecule has 0 heterocycles. The van der Waals surface area contributed by atoms with Crippen molar-refractivity contribution in [3.8, 4) is 0 Å². The van der Waals surface area contributed by atoms with Crippen LogP contribution in [0.4, 0.5) is 14.5 Å². The number of alkyl halides is 2. The number of carbonyl (C=O) groups excluding carboxylic acids is 1. The van der Waals surface area contributed by atoms with E-state index >= 15 is 0 Å². The fourth-order valence-electron chi connectivity index (χ4n) is 1.70. The molecule has 0 radical (unpaired) electrons. The van der Waals surface area contributed by atoms with Crippen molar-refractivity contribution in [2.45, 2.75) is 13.0 Å². The average molecular weight is 273 g/mol. The van der Waals surface area contributed by atoms with Gasteiger partial charge in [-0.25, -0.2) is 8.78 Å². The number of aliphatic hydroxyl groups excluding tert-OH is 1. The van der Waals surface area contributed by atoms with Crippen molar-refractivity contribution < 1.29 is 18.7 Å². The van der Waals surface area contributed by atoms with E-state index in [1.807, 2.05) is 0 Å². The molecule has 0 aliphatic carbocycles. The first-order valence-electron chi connectivity index (χ1n) is 5.73. The molecule has 0 aliphatic rings. The number of anilines is 1. The first kappa shape index (κ1) is 15.3. The number of benzene rings is 1. The highest BCUT2D eigenvalue weighted by atomic mass is 19.3. The summed E-state index contributed by atoms with van der Waals surface area (Å²) in [6.45, 7) is -0.360. The molecule has 0 saturated heterocycles. The van der Waals surface area contributed by atoms with E-state index < -0.39 is 18.9 Å². The number of halogens is 2. The summed E-state index contributed by atoms with van der Waals surface area (Å²) in [5.41, 5.74) is 12.1. The van der Waals surface area contributed by atoms with Crippen LogP contribution in [0, 0.1) is 0 Å². The topological polar surface area (TPSA) is 92.6 Å². The van der Waals surface area contributed by atoms with Gasteiger partial charge >= 0.3 is 0 Å². The normalized spacial score (nSPS) is 11.2. The molecule has 0 spiro atoms. The molecule has 0 fully saturated rings. The van der Waals surface area contributed by atoms with Gasteiger partial charge in [0.2, 0.25) is 5.91 Å². The van der Waals surface area contributed by atoms with E-state index in [2.05, 4.69) is 0 Å². The molecule has 0 saturated carbocycles. The van der Waals surface area contributed by atoms with Crippen LogP contribution in [0.1, 0.15) is 15.9 Å². The number of amides is 1. The maximum atomic E-state index is 12.4. The van der Waals surface area contributed by atoms with Crippen LogP contribution in [0.3, 0.4) is 0 Å². The molecule has 1 amide bonds. The molecule has 1 aromatic carbocycles. The Hall–Kier alpha value is -1.73. The van der Waals surface area contributed by atoms with E-state index in [9.17, 15) is 13.6 Å². The Balaban J connectivity index is 2.81. The van der Waals surface area contributed by atoms with Crippen LogP contribution in [0.2, 0.25) is 0 Å². The maximum absolute atomic E-state index is 12.4. The number of rotatable bonds is 7. The second-order valence-electron chi connectivity index (χ2n) is 4.13. The minimum Gasteiger partial charge on any atom is -0.398 e. The van der Waals surface area contributed by atoms with Gasteiger partial charge in [0.05, 0.1) is 13.2 Å². The lowest BCUT2D eigenvalue weighted by molar-refractivity contribution is 0.0747. The Labute approximate surface area is 109 Å². The van der Waals surface area contributed by atoms with Gasteiger partial charge in [0, 0.05) is 24.3 Å². The number of nitrogen functional groups attached to an aromatic ring is 1. The van der Waals surface area contributed by atoms with Gasteiger partial charge in [0.25, 0.3) is 6.43 Å². The van der Waals surface area contributed by atoms with Crippen molar-refractivity contribution in [2.24, 2.45) is 5.73 Å². The van der Waals surface area contributed by atoms with E-state index in [1.54, 1.807) is 6.07 Å². The summed E-state index contributed by atoms with van der Waals surface area (Å²) < 4.78 is 24.7. The van der Waals surface area contributed by atoms with Crippen LogP contribution in [-0.2, 0) is 6.54 Å². The van der Waals surface area contributed by atoms with Gasteiger partial charge in [-0.3, -0.25) is 9.69 Å². The Kier molecular flexibility index (Phi) is 5.65. The van der Waals surface area contributed by atoms with Crippen LogP contribution in [0.15, 0.2) is 18.2 Å². The summed E-state index contributed by atoms with van der Waals surface area (Å²) >= 11 is 0. The fourth-order valence-corrected chi connectivity index (χ4v) is 1.70. The Morgan fingerprint density at radius 2 is 2.11 bits per heavy atom. The SMILES string of the molecule is NC(=O)c1ccc(CN(CCO)CC(F)F)c(N)c1. The first-order chi connectivity index (χ1) is 8.93. The molecule has 0 unspecified atom stereocenters. The number of nitrogens with zero attached hydrogens (tertiary/aromatic N) is 1. The zero-order valence-electron chi connectivity index (χ0n) is 10.4. The van der Waals surface area contributed by atoms with Gasteiger partial charge in [-0.05, 0) is 17.7 Å². The van der Waals surface area contributed by atoms with E-state index in [1.165, 1.54) is 17.0 Å². The molecule has 7 heteroatoms. The monoisotopic (exact) mass is 273 g/mol.